The fraction of sp³-hybridized carbons (Fsp3) is 0.125. The summed E-state index contributed by atoms with van der Waals surface area (Å²) in [5, 5.41) is 41.9. The van der Waals surface area contributed by atoms with Crippen molar-refractivity contribution in [3.63, 3.8) is 0 Å². The first-order valence-electron chi connectivity index (χ1n) is 7.40. The summed E-state index contributed by atoms with van der Waals surface area (Å²) >= 11 is 1.39. The molecule has 0 fully saturated rings. The molecule has 0 aliphatic carbocycles. The zero-order valence-corrected chi connectivity index (χ0v) is 13.9. The number of benzene rings is 1. The number of rotatable bonds is 7. The minimum Gasteiger partial charge on any atom is -0.558 e. The first-order valence-corrected chi connectivity index (χ1v) is 8.28. The van der Waals surface area contributed by atoms with E-state index in [1.54, 1.807) is 24.3 Å². The van der Waals surface area contributed by atoms with Gasteiger partial charge in [0, 0.05) is 16.9 Å². The van der Waals surface area contributed by atoms with Gasteiger partial charge in [0.25, 0.3) is 0 Å². The molecule has 25 heavy (non-hydrogen) atoms. The van der Waals surface area contributed by atoms with Gasteiger partial charge in [0.15, 0.2) is 0 Å². The lowest BCUT2D eigenvalue weighted by Crippen LogP contribution is -2.51. The second kappa shape index (κ2) is 8.08. The van der Waals surface area contributed by atoms with E-state index in [0.29, 0.717) is 5.56 Å². The van der Waals surface area contributed by atoms with E-state index in [0.717, 1.165) is 11.0 Å². The van der Waals surface area contributed by atoms with Crippen LogP contribution in [-0.2, 0) is 16.0 Å². The monoisotopic (exact) mass is 362 g/mol. The molecule has 1 aromatic heterocycles. The van der Waals surface area contributed by atoms with Crippen molar-refractivity contribution in [3.8, 4) is 0 Å². The lowest BCUT2D eigenvalue weighted by atomic mass is 9.66. The molecular weight excluding hydrogens is 345 g/mol. The Bertz CT molecular complexity index is 769. The van der Waals surface area contributed by atoms with E-state index < -0.39 is 24.6 Å². The van der Waals surface area contributed by atoms with Crippen LogP contribution in [-0.4, -0.2) is 38.8 Å². The summed E-state index contributed by atoms with van der Waals surface area (Å²) in [5.41, 5.74) is 0.706. The molecular formula is C16H17BNO6S-. The van der Waals surface area contributed by atoms with Crippen LogP contribution in [0.3, 0.4) is 0 Å². The largest absolute Gasteiger partial charge is 0.558 e. The van der Waals surface area contributed by atoms with E-state index >= 15 is 0 Å². The van der Waals surface area contributed by atoms with Crippen LogP contribution >= 0.6 is 11.3 Å². The maximum Gasteiger partial charge on any atom is 0.398 e. The third-order valence-electron chi connectivity index (χ3n) is 3.37. The first-order chi connectivity index (χ1) is 11.8. The minimum absolute atomic E-state index is 0.0406. The van der Waals surface area contributed by atoms with Crippen LogP contribution in [0.2, 0.25) is 0 Å². The average molecular weight is 362 g/mol. The quantitative estimate of drug-likeness (QED) is 0.365. The summed E-state index contributed by atoms with van der Waals surface area (Å²) in [7, 11) is 0. The second-order valence-electron chi connectivity index (χ2n) is 5.44. The number of aliphatic carboxylic acids is 1. The molecule has 7 nitrogen and oxygen atoms in total. The molecule has 0 aliphatic rings. The van der Waals surface area contributed by atoms with Gasteiger partial charge >= 0.3 is 12.7 Å². The fourth-order valence-electron chi connectivity index (χ4n) is 2.27. The Morgan fingerprint density at radius 1 is 1.20 bits per heavy atom. The molecule has 9 heteroatoms. The maximum atomic E-state index is 12.1. The van der Waals surface area contributed by atoms with Gasteiger partial charge in [-0.05, 0) is 23.1 Å². The van der Waals surface area contributed by atoms with Gasteiger partial charge in [-0.25, -0.2) is 4.79 Å². The van der Waals surface area contributed by atoms with Crippen molar-refractivity contribution in [1.82, 2.24) is 5.32 Å². The topological polar surface area (TPSA) is 127 Å². The zero-order valence-electron chi connectivity index (χ0n) is 13.1. The van der Waals surface area contributed by atoms with Crippen LogP contribution in [0.15, 0.2) is 47.9 Å². The maximum absolute atomic E-state index is 12.1. The Labute approximate surface area is 147 Å². The summed E-state index contributed by atoms with van der Waals surface area (Å²) in [6.07, 6.45) is 2.29. The average Bonchev–Trinajstić information content (AvgIpc) is 3.02. The highest BCUT2D eigenvalue weighted by molar-refractivity contribution is 7.10. The molecule has 0 spiro atoms. The Morgan fingerprint density at radius 3 is 2.56 bits per heavy atom. The summed E-state index contributed by atoms with van der Waals surface area (Å²) in [6, 6.07) is 9.67. The second-order valence-corrected chi connectivity index (χ2v) is 6.47. The van der Waals surface area contributed by atoms with Gasteiger partial charge in [-0.15, -0.1) is 11.3 Å². The van der Waals surface area contributed by atoms with Crippen molar-refractivity contribution in [2.45, 2.75) is 12.4 Å². The van der Waals surface area contributed by atoms with Crippen molar-refractivity contribution < 1.29 is 29.8 Å². The van der Waals surface area contributed by atoms with Gasteiger partial charge in [0.1, 0.15) is 0 Å². The molecule has 0 saturated carbocycles. The number of hydrogen-bond donors (Lipinski definition) is 5. The van der Waals surface area contributed by atoms with Gasteiger partial charge in [-0.3, -0.25) is 4.79 Å². The van der Waals surface area contributed by atoms with E-state index in [4.69, 9.17) is 5.11 Å². The highest BCUT2D eigenvalue weighted by Crippen LogP contribution is 2.21. The van der Waals surface area contributed by atoms with Crippen molar-refractivity contribution in [2.24, 2.45) is 0 Å². The first kappa shape index (κ1) is 18.9. The van der Waals surface area contributed by atoms with Gasteiger partial charge in [0.05, 0.1) is 6.42 Å². The molecule has 0 saturated heterocycles. The van der Waals surface area contributed by atoms with E-state index in [1.807, 2.05) is 5.38 Å². The molecule has 1 aromatic carbocycles. The van der Waals surface area contributed by atoms with E-state index in [9.17, 15) is 24.7 Å². The summed E-state index contributed by atoms with van der Waals surface area (Å²) in [6.45, 7) is -3.88. The van der Waals surface area contributed by atoms with Crippen LogP contribution in [0.1, 0.15) is 21.9 Å². The van der Waals surface area contributed by atoms with E-state index in [2.05, 4.69) is 5.32 Å². The van der Waals surface area contributed by atoms with Crippen LogP contribution in [0.4, 0.5) is 0 Å². The Hall–Kier alpha value is -2.46. The molecule has 1 heterocycles. The number of amides is 1. The molecule has 0 radical (unpaired) electrons. The van der Waals surface area contributed by atoms with E-state index in [-0.39, 0.29) is 12.0 Å². The molecule has 1 atom stereocenters. The standard InChI is InChI=1S/C16H17BNO6S/c19-14(10-13-5-2-8-25-13)18-16(17(22,23)24)12-4-1-3-11(9-12)6-7-15(20)21/h1-9,16,22-24H,10H2,(H,18,19)(H,20,21)/q-1/b7-6+/t16-/m0/s1. The fourth-order valence-corrected chi connectivity index (χ4v) is 2.98. The van der Waals surface area contributed by atoms with Gasteiger partial charge in [-0.1, -0.05) is 35.9 Å². The van der Waals surface area contributed by atoms with Gasteiger partial charge in [0.2, 0.25) is 5.91 Å². The third-order valence-corrected chi connectivity index (χ3v) is 4.24. The number of carboxylic acids is 1. The normalized spacial score (nSPS) is 12.9. The van der Waals surface area contributed by atoms with Crippen LogP contribution in [0.25, 0.3) is 6.08 Å². The Morgan fingerprint density at radius 2 is 1.96 bits per heavy atom. The predicted octanol–water partition coefficient (Wildman–Crippen LogP) is 0.701. The highest BCUT2D eigenvalue weighted by atomic mass is 32.1. The number of carbonyl (C=O) groups excluding carboxylic acids is 1. The predicted molar refractivity (Wildman–Crippen MR) is 94.4 cm³/mol. The molecule has 0 unspecified atom stereocenters. The van der Waals surface area contributed by atoms with Crippen LogP contribution < -0.4 is 5.32 Å². The molecule has 1 amide bonds. The van der Waals surface area contributed by atoms with E-state index in [1.165, 1.54) is 29.5 Å². The molecule has 0 bridgehead atoms. The highest BCUT2D eigenvalue weighted by Gasteiger charge is 2.31. The zero-order chi connectivity index (χ0) is 18.4. The molecule has 5 N–H and O–H groups in total. The number of carboxylic acid groups (broad SMARTS) is 1. The number of nitrogens with one attached hydrogen (secondary N) is 1. The Balaban J connectivity index is 2.21. The van der Waals surface area contributed by atoms with Crippen LogP contribution in [0.5, 0.6) is 0 Å². The van der Waals surface area contributed by atoms with Gasteiger partial charge < -0.3 is 25.5 Å². The molecule has 2 rings (SSSR count). The lowest BCUT2D eigenvalue weighted by Gasteiger charge is -2.33. The number of carbonyl (C=O) groups is 2. The smallest absolute Gasteiger partial charge is 0.398 e. The van der Waals surface area contributed by atoms with Crippen molar-refractivity contribution in [1.29, 1.82) is 0 Å². The SMILES string of the molecule is O=C(O)/C=C/c1cccc([C@H](NC(=O)Cc2cccs2)[B-](O)(O)O)c1. The van der Waals surface area contributed by atoms with Crippen molar-refractivity contribution in [2.75, 3.05) is 0 Å². The van der Waals surface area contributed by atoms with Gasteiger partial charge in [-0.2, -0.15) is 0 Å². The lowest BCUT2D eigenvalue weighted by molar-refractivity contribution is -0.131. The van der Waals surface area contributed by atoms with Crippen molar-refractivity contribution in [3.05, 3.63) is 63.9 Å². The van der Waals surface area contributed by atoms with Crippen LogP contribution in [0, 0.1) is 0 Å². The molecule has 0 aliphatic heterocycles. The summed E-state index contributed by atoms with van der Waals surface area (Å²) in [4.78, 5) is 23.5. The molecule has 132 valence electrons. The number of hydrogen-bond acceptors (Lipinski definition) is 6. The number of thiophene rings is 1. The third kappa shape index (κ3) is 5.84. The van der Waals surface area contributed by atoms with Crippen molar-refractivity contribution >= 4 is 36.0 Å². The molecule has 2 aromatic rings. The Kier molecular flexibility index (Phi) is 6.10. The minimum atomic E-state index is -3.88. The summed E-state index contributed by atoms with van der Waals surface area (Å²) < 4.78 is 0. The summed E-state index contributed by atoms with van der Waals surface area (Å²) in [5.74, 6) is -3.05.